The fourth-order valence-electron chi connectivity index (χ4n) is 1.30. The van der Waals surface area contributed by atoms with E-state index in [1.165, 1.54) is 0 Å². The van der Waals surface area contributed by atoms with Gasteiger partial charge in [0, 0.05) is 11.6 Å². The Bertz CT molecular complexity index is 403. The van der Waals surface area contributed by atoms with Crippen LogP contribution in [0.3, 0.4) is 0 Å². The maximum absolute atomic E-state index is 5.87. The molecule has 0 fully saturated rings. The number of benzene rings is 1. The zero-order valence-corrected chi connectivity index (χ0v) is 13.4. The van der Waals surface area contributed by atoms with E-state index >= 15 is 0 Å². The Morgan fingerprint density at radius 1 is 1.39 bits per heavy atom. The van der Waals surface area contributed by atoms with Crippen LogP contribution in [-0.2, 0) is 0 Å². The first-order valence-electron chi connectivity index (χ1n) is 6.09. The van der Waals surface area contributed by atoms with Gasteiger partial charge in [0.15, 0.2) is 0 Å². The molecule has 0 amide bonds. The molecule has 0 unspecified atom stereocenters. The lowest BCUT2D eigenvalue weighted by atomic mass is 10.1. The molecule has 0 aliphatic rings. The molecule has 18 heavy (non-hydrogen) atoms. The lowest BCUT2D eigenvalue weighted by Gasteiger charge is -2.32. The van der Waals surface area contributed by atoms with Crippen molar-refractivity contribution >= 4 is 15.9 Å². The fourth-order valence-corrected chi connectivity index (χ4v) is 1.81. The first-order valence-corrected chi connectivity index (χ1v) is 6.88. The van der Waals surface area contributed by atoms with Crippen molar-refractivity contribution in [3.63, 3.8) is 0 Å². The maximum Gasteiger partial charge on any atom is 0.133 e. The molecular weight excluding hydrogens is 292 g/mol. The maximum atomic E-state index is 5.87. The number of ether oxygens (including phenoxy) is 1. The summed E-state index contributed by atoms with van der Waals surface area (Å²) in [5.41, 5.74) is 6.94. The molecule has 0 bridgehead atoms. The van der Waals surface area contributed by atoms with Crippen LogP contribution in [-0.4, -0.2) is 31.1 Å². The Morgan fingerprint density at radius 3 is 2.44 bits per heavy atom. The van der Waals surface area contributed by atoms with Crippen LogP contribution >= 0.6 is 15.9 Å². The van der Waals surface area contributed by atoms with Crippen LogP contribution in [0.1, 0.15) is 32.4 Å². The van der Waals surface area contributed by atoms with E-state index in [2.05, 4.69) is 48.8 Å². The minimum absolute atomic E-state index is 0.000724. The largest absolute Gasteiger partial charge is 0.491 e. The van der Waals surface area contributed by atoms with Crippen LogP contribution < -0.4 is 10.5 Å². The monoisotopic (exact) mass is 314 g/mol. The number of hydrogen-bond acceptors (Lipinski definition) is 3. The molecule has 4 heteroatoms. The van der Waals surface area contributed by atoms with Crippen molar-refractivity contribution in [3.8, 4) is 5.75 Å². The molecule has 0 radical (unpaired) electrons. The van der Waals surface area contributed by atoms with Gasteiger partial charge in [-0.2, -0.15) is 0 Å². The van der Waals surface area contributed by atoms with Gasteiger partial charge in [0.25, 0.3) is 0 Å². The van der Waals surface area contributed by atoms with E-state index in [0.29, 0.717) is 6.61 Å². The summed E-state index contributed by atoms with van der Waals surface area (Å²) in [7, 11) is 4.11. The second-order valence-electron chi connectivity index (χ2n) is 5.47. The van der Waals surface area contributed by atoms with E-state index < -0.39 is 0 Å². The van der Waals surface area contributed by atoms with Crippen LogP contribution in [0.15, 0.2) is 22.7 Å². The molecule has 0 saturated carbocycles. The Labute approximate surface area is 118 Å². The highest BCUT2D eigenvalue weighted by Gasteiger charge is 2.21. The Hall–Kier alpha value is -0.580. The van der Waals surface area contributed by atoms with E-state index in [-0.39, 0.29) is 11.6 Å². The molecular formula is C14H23BrN2O. The van der Waals surface area contributed by atoms with Gasteiger partial charge in [0.1, 0.15) is 12.4 Å². The number of likely N-dealkylation sites (N-methyl/N-ethyl adjacent to an activating group) is 1. The Balaban J connectivity index is 2.75. The number of halogens is 1. The van der Waals surface area contributed by atoms with E-state index in [1.807, 2.05) is 25.1 Å². The minimum atomic E-state index is -0.000724. The van der Waals surface area contributed by atoms with Gasteiger partial charge in [0.05, 0.1) is 4.47 Å². The summed E-state index contributed by atoms with van der Waals surface area (Å²) in [5, 5.41) is 0. The standard InChI is InChI=1S/C14H23BrN2O/c1-10(16)11-6-7-13(12(15)8-11)18-9-14(2,3)17(4)5/h6-8,10H,9,16H2,1-5H3/t10-/m0/s1. The summed E-state index contributed by atoms with van der Waals surface area (Å²) in [4.78, 5) is 2.15. The molecule has 1 atom stereocenters. The second kappa shape index (κ2) is 6.04. The highest BCUT2D eigenvalue weighted by Crippen LogP contribution is 2.28. The molecule has 1 aromatic rings. The van der Waals surface area contributed by atoms with Gasteiger partial charge >= 0.3 is 0 Å². The van der Waals surface area contributed by atoms with Crippen LogP contribution in [0.25, 0.3) is 0 Å². The smallest absolute Gasteiger partial charge is 0.133 e. The van der Waals surface area contributed by atoms with Gasteiger partial charge in [-0.3, -0.25) is 0 Å². The molecule has 102 valence electrons. The van der Waals surface area contributed by atoms with E-state index in [4.69, 9.17) is 10.5 Å². The predicted octanol–water partition coefficient (Wildman–Crippen LogP) is 3.19. The molecule has 1 aromatic carbocycles. The average molecular weight is 315 g/mol. The van der Waals surface area contributed by atoms with Crippen molar-refractivity contribution < 1.29 is 4.74 Å². The van der Waals surface area contributed by atoms with Gasteiger partial charge in [-0.15, -0.1) is 0 Å². The highest BCUT2D eigenvalue weighted by molar-refractivity contribution is 9.10. The van der Waals surface area contributed by atoms with Crippen molar-refractivity contribution in [3.05, 3.63) is 28.2 Å². The zero-order valence-electron chi connectivity index (χ0n) is 11.8. The Kier molecular flexibility index (Phi) is 5.20. The van der Waals surface area contributed by atoms with Gasteiger partial charge in [-0.1, -0.05) is 6.07 Å². The number of rotatable bonds is 5. The van der Waals surface area contributed by atoms with Crippen LogP contribution in [0, 0.1) is 0 Å². The summed E-state index contributed by atoms with van der Waals surface area (Å²) in [6.45, 7) is 6.90. The molecule has 3 nitrogen and oxygen atoms in total. The topological polar surface area (TPSA) is 38.5 Å². The van der Waals surface area contributed by atoms with E-state index in [1.54, 1.807) is 0 Å². The molecule has 0 heterocycles. The normalized spacial score (nSPS) is 13.8. The predicted molar refractivity (Wildman–Crippen MR) is 80.0 cm³/mol. The molecule has 0 aliphatic carbocycles. The van der Waals surface area contributed by atoms with Crippen LogP contribution in [0.2, 0.25) is 0 Å². The highest BCUT2D eigenvalue weighted by atomic mass is 79.9. The first kappa shape index (κ1) is 15.5. The average Bonchev–Trinajstić information content (AvgIpc) is 2.26. The molecule has 0 spiro atoms. The molecule has 0 saturated heterocycles. The Morgan fingerprint density at radius 2 is 2.00 bits per heavy atom. The van der Waals surface area contributed by atoms with Crippen molar-refractivity contribution in [2.75, 3.05) is 20.7 Å². The zero-order chi connectivity index (χ0) is 13.9. The summed E-state index contributed by atoms with van der Waals surface area (Å²) < 4.78 is 6.82. The summed E-state index contributed by atoms with van der Waals surface area (Å²) >= 11 is 3.53. The van der Waals surface area contributed by atoms with Crippen molar-refractivity contribution in [2.24, 2.45) is 5.73 Å². The number of hydrogen-bond donors (Lipinski definition) is 1. The molecule has 0 aliphatic heterocycles. The first-order chi connectivity index (χ1) is 8.24. The molecule has 1 rings (SSSR count). The minimum Gasteiger partial charge on any atom is -0.491 e. The molecule has 0 aromatic heterocycles. The third-order valence-electron chi connectivity index (χ3n) is 3.27. The SMILES string of the molecule is C[C@H](N)c1ccc(OCC(C)(C)N(C)C)c(Br)c1. The van der Waals surface area contributed by atoms with Crippen molar-refractivity contribution in [1.82, 2.24) is 4.90 Å². The van der Waals surface area contributed by atoms with Crippen LogP contribution in [0.5, 0.6) is 5.75 Å². The summed E-state index contributed by atoms with van der Waals surface area (Å²) in [5.74, 6) is 0.856. The summed E-state index contributed by atoms with van der Waals surface area (Å²) in [6.07, 6.45) is 0. The lowest BCUT2D eigenvalue weighted by Crippen LogP contribution is -2.43. The molecule has 2 N–H and O–H groups in total. The van der Waals surface area contributed by atoms with E-state index in [0.717, 1.165) is 15.8 Å². The van der Waals surface area contributed by atoms with Crippen molar-refractivity contribution in [1.29, 1.82) is 0 Å². The number of nitrogens with zero attached hydrogens (tertiary/aromatic N) is 1. The van der Waals surface area contributed by atoms with Crippen molar-refractivity contribution in [2.45, 2.75) is 32.4 Å². The van der Waals surface area contributed by atoms with Gasteiger partial charge in [0.2, 0.25) is 0 Å². The quantitative estimate of drug-likeness (QED) is 0.907. The third kappa shape index (κ3) is 3.97. The summed E-state index contributed by atoms with van der Waals surface area (Å²) in [6, 6.07) is 6.03. The lowest BCUT2D eigenvalue weighted by molar-refractivity contribution is 0.113. The third-order valence-corrected chi connectivity index (χ3v) is 3.89. The van der Waals surface area contributed by atoms with Gasteiger partial charge in [-0.05, 0) is 68.5 Å². The fraction of sp³-hybridized carbons (Fsp3) is 0.571. The van der Waals surface area contributed by atoms with Gasteiger partial charge in [-0.25, -0.2) is 0 Å². The van der Waals surface area contributed by atoms with Crippen LogP contribution in [0.4, 0.5) is 0 Å². The van der Waals surface area contributed by atoms with E-state index in [9.17, 15) is 0 Å². The van der Waals surface area contributed by atoms with Gasteiger partial charge < -0.3 is 15.4 Å². The second-order valence-corrected chi connectivity index (χ2v) is 6.33. The number of nitrogens with two attached hydrogens (primary N) is 1.